The number of nitrogens with zero attached hydrogens (tertiary/aromatic N) is 3. The van der Waals surface area contributed by atoms with E-state index in [1.165, 1.54) is 0 Å². The maximum absolute atomic E-state index is 13.3. The maximum atomic E-state index is 13.3. The molecular weight excluding hydrogens is 412 g/mol. The van der Waals surface area contributed by atoms with Crippen LogP contribution in [0.4, 0.5) is 5.95 Å². The maximum Gasteiger partial charge on any atom is 0.227 e. The summed E-state index contributed by atoms with van der Waals surface area (Å²) in [5.41, 5.74) is 9.44. The SMILES string of the molecule is COc1ccc(CC(=O)N2CCCCC2c2nc(N)ncc2-c2cccc(Cl)c2)cc1. The van der Waals surface area contributed by atoms with Gasteiger partial charge in [0.15, 0.2) is 0 Å². The van der Waals surface area contributed by atoms with Crippen LogP contribution in [-0.2, 0) is 11.2 Å². The highest BCUT2D eigenvalue weighted by molar-refractivity contribution is 6.30. The highest BCUT2D eigenvalue weighted by Gasteiger charge is 2.31. The van der Waals surface area contributed by atoms with Crippen molar-refractivity contribution in [2.45, 2.75) is 31.7 Å². The smallest absolute Gasteiger partial charge is 0.227 e. The third-order valence-electron chi connectivity index (χ3n) is 5.63. The van der Waals surface area contributed by atoms with Crippen LogP contribution in [0.5, 0.6) is 5.75 Å². The number of likely N-dealkylation sites (tertiary alicyclic amines) is 1. The third kappa shape index (κ3) is 4.80. The van der Waals surface area contributed by atoms with E-state index in [9.17, 15) is 4.79 Å². The monoisotopic (exact) mass is 436 g/mol. The van der Waals surface area contributed by atoms with Crippen LogP contribution in [0.15, 0.2) is 54.7 Å². The zero-order valence-electron chi connectivity index (χ0n) is 17.4. The topological polar surface area (TPSA) is 81.3 Å². The number of nitrogens with two attached hydrogens (primary N) is 1. The van der Waals surface area contributed by atoms with Gasteiger partial charge in [0.2, 0.25) is 11.9 Å². The summed E-state index contributed by atoms with van der Waals surface area (Å²) >= 11 is 6.22. The van der Waals surface area contributed by atoms with Gasteiger partial charge in [-0.2, -0.15) is 0 Å². The summed E-state index contributed by atoms with van der Waals surface area (Å²) in [6.07, 6.45) is 4.88. The Labute approximate surface area is 187 Å². The number of aromatic nitrogens is 2. The van der Waals surface area contributed by atoms with Gasteiger partial charge in [0, 0.05) is 23.3 Å². The number of anilines is 1. The minimum atomic E-state index is -0.154. The van der Waals surface area contributed by atoms with Gasteiger partial charge in [-0.15, -0.1) is 0 Å². The van der Waals surface area contributed by atoms with Gasteiger partial charge in [-0.1, -0.05) is 35.9 Å². The predicted octanol–water partition coefficient (Wildman–Crippen LogP) is 4.68. The number of rotatable bonds is 5. The van der Waals surface area contributed by atoms with E-state index in [-0.39, 0.29) is 17.9 Å². The summed E-state index contributed by atoms with van der Waals surface area (Å²) in [6.45, 7) is 0.693. The lowest BCUT2D eigenvalue weighted by Crippen LogP contribution is -2.40. The molecule has 0 saturated carbocycles. The number of amides is 1. The van der Waals surface area contributed by atoms with Crippen molar-refractivity contribution in [3.63, 3.8) is 0 Å². The third-order valence-corrected chi connectivity index (χ3v) is 5.86. The van der Waals surface area contributed by atoms with Gasteiger partial charge in [-0.3, -0.25) is 4.79 Å². The summed E-state index contributed by atoms with van der Waals surface area (Å²) in [4.78, 5) is 24.0. The molecule has 1 saturated heterocycles. The Kier molecular flexibility index (Phi) is 6.37. The Balaban J connectivity index is 1.65. The number of piperidine rings is 1. The van der Waals surface area contributed by atoms with E-state index in [2.05, 4.69) is 9.97 Å². The van der Waals surface area contributed by atoms with Gasteiger partial charge in [-0.05, 0) is 54.7 Å². The van der Waals surface area contributed by atoms with Crippen molar-refractivity contribution < 1.29 is 9.53 Å². The first-order chi connectivity index (χ1) is 15.0. The Morgan fingerprint density at radius 2 is 2.03 bits per heavy atom. The molecule has 0 aliphatic carbocycles. The molecule has 0 spiro atoms. The van der Waals surface area contributed by atoms with Gasteiger partial charge in [0.05, 0.1) is 25.3 Å². The van der Waals surface area contributed by atoms with E-state index in [0.29, 0.717) is 18.0 Å². The summed E-state index contributed by atoms with van der Waals surface area (Å²) < 4.78 is 5.21. The second-order valence-corrected chi connectivity index (χ2v) is 8.10. The summed E-state index contributed by atoms with van der Waals surface area (Å²) in [7, 11) is 1.63. The predicted molar refractivity (Wildman–Crippen MR) is 122 cm³/mol. The zero-order valence-corrected chi connectivity index (χ0v) is 18.2. The van der Waals surface area contributed by atoms with E-state index in [0.717, 1.165) is 47.4 Å². The van der Waals surface area contributed by atoms with Crippen LogP contribution in [0, 0.1) is 0 Å². The molecule has 1 fully saturated rings. The second kappa shape index (κ2) is 9.35. The van der Waals surface area contributed by atoms with Crippen LogP contribution in [0.25, 0.3) is 11.1 Å². The van der Waals surface area contributed by atoms with Gasteiger partial charge < -0.3 is 15.4 Å². The van der Waals surface area contributed by atoms with Gasteiger partial charge in [0.1, 0.15) is 5.75 Å². The molecule has 7 heteroatoms. The molecule has 31 heavy (non-hydrogen) atoms. The highest BCUT2D eigenvalue weighted by atomic mass is 35.5. The Hall–Kier alpha value is -3.12. The van der Waals surface area contributed by atoms with Crippen molar-refractivity contribution in [2.24, 2.45) is 0 Å². The zero-order chi connectivity index (χ0) is 21.8. The van der Waals surface area contributed by atoms with Gasteiger partial charge in [-0.25, -0.2) is 9.97 Å². The quantitative estimate of drug-likeness (QED) is 0.627. The van der Waals surface area contributed by atoms with Crippen LogP contribution in [0.3, 0.4) is 0 Å². The molecule has 2 aromatic carbocycles. The summed E-state index contributed by atoms with van der Waals surface area (Å²) in [6, 6.07) is 15.0. The molecule has 1 aliphatic heterocycles. The first kappa shape index (κ1) is 21.1. The number of ether oxygens (including phenoxy) is 1. The van der Waals surface area contributed by atoms with Crippen LogP contribution in [-0.4, -0.2) is 34.4 Å². The van der Waals surface area contributed by atoms with Crippen molar-refractivity contribution in [2.75, 3.05) is 19.4 Å². The van der Waals surface area contributed by atoms with E-state index in [1.807, 2.05) is 53.4 Å². The highest BCUT2D eigenvalue weighted by Crippen LogP contribution is 2.36. The van der Waals surface area contributed by atoms with Crippen molar-refractivity contribution in [1.29, 1.82) is 0 Å². The molecule has 1 atom stereocenters. The number of hydrogen-bond donors (Lipinski definition) is 1. The van der Waals surface area contributed by atoms with E-state index in [1.54, 1.807) is 13.3 Å². The van der Waals surface area contributed by atoms with E-state index < -0.39 is 0 Å². The fourth-order valence-electron chi connectivity index (χ4n) is 4.08. The lowest BCUT2D eigenvalue weighted by atomic mass is 9.93. The van der Waals surface area contributed by atoms with E-state index in [4.69, 9.17) is 22.1 Å². The molecule has 4 rings (SSSR count). The molecule has 2 N–H and O–H groups in total. The molecule has 6 nitrogen and oxygen atoms in total. The average Bonchev–Trinajstić information content (AvgIpc) is 2.79. The minimum Gasteiger partial charge on any atom is -0.497 e. The Morgan fingerprint density at radius 1 is 1.23 bits per heavy atom. The molecule has 0 radical (unpaired) electrons. The van der Waals surface area contributed by atoms with Crippen LogP contribution in [0.2, 0.25) is 5.02 Å². The number of nitrogen functional groups attached to an aromatic ring is 1. The lowest BCUT2D eigenvalue weighted by Gasteiger charge is -2.36. The number of carbonyl (C=O) groups excluding carboxylic acids is 1. The van der Waals surface area contributed by atoms with Crippen LogP contribution >= 0.6 is 11.6 Å². The average molecular weight is 437 g/mol. The molecule has 2 heterocycles. The summed E-state index contributed by atoms with van der Waals surface area (Å²) in [5, 5.41) is 0.636. The lowest BCUT2D eigenvalue weighted by molar-refractivity contribution is -0.134. The first-order valence-electron chi connectivity index (χ1n) is 10.4. The Morgan fingerprint density at radius 3 is 2.77 bits per heavy atom. The van der Waals surface area contributed by atoms with Gasteiger partial charge in [0.25, 0.3) is 0 Å². The molecule has 1 aromatic heterocycles. The normalized spacial score (nSPS) is 16.2. The minimum absolute atomic E-state index is 0.0732. The number of hydrogen-bond acceptors (Lipinski definition) is 5. The fourth-order valence-corrected chi connectivity index (χ4v) is 4.27. The standard InChI is InChI=1S/C24H25ClN4O2/c1-31-19-10-8-16(9-11-19)13-22(30)29-12-3-2-7-21(29)23-20(15-27-24(26)28-23)17-5-4-6-18(25)14-17/h4-6,8-11,14-15,21H,2-3,7,12-13H2,1H3,(H2,26,27,28). The first-order valence-corrected chi connectivity index (χ1v) is 10.7. The molecule has 1 unspecified atom stereocenters. The van der Waals surface area contributed by atoms with Crippen LogP contribution in [0.1, 0.15) is 36.6 Å². The van der Waals surface area contributed by atoms with Crippen LogP contribution < -0.4 is 10.5 Å². The number of methoxy groups -OCH3 is 1. The molecule has 1 aliphatic rings. The van der Waals surface area contributed by atoms with Crippen molar-refractivity contribution in [1.82, 2.24) is 14.9 Å². The number of halogens is 1. The van der Waals surface area contributed by atoms with Crippen molar-refractivity contribution in [3.8, 4) is 16.9 Å². The van der Waals surface area contributed by atoms with E-state index >= 15 is 0 Å². The summed E-state index contributed by atoms with van der Waals surface area (Å²) in [5.74, 6) is 1.05. The van der Waals surface area contributed by atoms with Crippen molar-refractivity contribution in [3.05, 3.63) is 71.0 Å². The molecule has 3 aromatic rings. The number of benzene rings is 2. The molecule has 0 bridgehead atoms. The fraction of sp³-hybridized carbons (Fsp3) is 0.292. The molecular formula is C24H25ClN4O2. The number of carbonyl (C=O) groups is 1. The van der Waals surface area contributed by atoms with Gasteiger partial charge >= 0.3 is 0 Å². The Bertz CT molecular complexity index is 1070. The second-order valence-electron chi connectivity index (χ2n) is 7.66. The molecule has 1 amide bonds. The van der Waals surface area contributed by atoms with Crippen molar-refractivity contribution >= 4 is 23.5 Å². The largest absolute Gasteiger partial charge is 0.497 e. The molecule has 160 valence electrons.